The van der Waals surface area contributed by atoms with E-state index in [1.54, 1.807) is 13.8 Å². The van der Waals surface area contributed by atoms with Crippen LogP contribution in [0.1, 0.15) is 24.2 Å². The van der Waals surface area contributed by atoms with E-state index < -0.39 is 34.3 Å². The van der Waals surface area contributed by atoms with Crippen LogP contribution in [0.2, 0.25) is 0 Å². The predicted molar refractivity (Wildman–Crippen MR) is 102 cm³/mol. The zero-order chi connectivity index (χ0) is 20.7. The Morgan fingerprint density at radius 1 is 1.07 bits per heavy atom. The molecule has 1 N–H and O–H groups in total. The fourth-order valence-electron chi connectivity index (χ4n) is 2.45. The molecule has 0 aliphatic rings. The smallest absolute Gasteiger partial charge is 0.338 e. The summed E-state index contributed by atoms with van der Waals surface area (Å²) in [6.45, 7) is 3.59. The molecule has 0 saturated carbocycles. The Labute approximate surface area is 163 Å². The van der Waals surface area contributed by atoms with Gasteiger partial charge in [0.15, 0.2) is 6.61 Å². The number of hydrogen-bond donors (Lipinski definition) is 1. The molecule has 28 heavy (non-hydrogen) atoms. The summed E-state index contributed by atoms with van der Waals surface area (Å²) in [5.74, 6) is -1.91. The van der Waals surface area contributed by atoms with Crippen molar-refractivity contribution in [3.05, 3.63) is 59.9 Å². The van der Waals surface area contributed by atoms with Crippen molar-refractivity contribution in [2.45, 2.75) is 18.7 Å². The third-order valence-electron chi connectivity index (χ3n) is 3.88. The maximum absolute atomic E-state index is 13.1. The Hall–Kier alpha value is -2.78. The molecule has 150 valence electrons. The molecule has 9 heteroatoms. The van der Waals surface area contributed by atoms with E-state index in [9.17, 15) is 22.4 Å². The number of nitrogens with zero attached hydrogens (tertiary/aromatic N) is 1. The summed E-state index contributed by atoms with van der Waals surface area (Å²) >= 11 is 0. The van der Waals surface area contributed by atoms with Crippen LogP contribution >= 0.6 is 0 Å². The quantitative estimate of drug-likeness (QED) is 0.678. The molecule has 0 atom stereocenters. The van der Waals surface area contributed by atoms with Crippen molar-refractivity contribution in [3.63, 3.8) is 0 Å². The normalized spacial score (nSPS) is 11.3. The van der Waals surface area contributed by atoms with Gasteiger partial charge in [0, 0.05) is 18.8 Å². The molecule has 0 heterocycles. The lowest BCUT2D eigenvalue weighted by molar-refractivity contribution is -0.119. The molecule has 0 aliphatic carbocycles. The molecule has 2 aromatic rings. The average molecular weight is 408 g/mol. The third kappa shape index (κ3) is 5.37. The molecule has 2 aromatic carbocycles. The minimum absolute atomic E-state index is 0.0663. The lowest BCUT2D eigenvalue weighted by Crippen LogP contribution is -2.30. The molecular weight excluding hydrogens is 387 g/mol. The number of benzene rings is 2. The largest absolute Gasteiger partial charge is 0.452 e. The van der Waals surface area contributed by atoms with Crippen LogP contribution in [-0.2, 0) is 19.6 Å². The van der Waals surface area contributed by atoms with Gasteiger partial charge in [-0.25, -0.2) is 17.6 Å². The van der Waals surface area contributed by atoms with Crippen LogP contribution in [0.4, 0.5) is 10.1 Å². The Bertz CT molecular complexity index is 941. The Balaban J connectivity index is 1.97. The van der Waals surface area contributed by atoms with E-state index in [0.717, 1.165) is 6.07 Å². The van der Waals surface area contributed by atoms with E-state index in [1.165, 1.54) is 46.8 Å². The monoisotopic (exact) mass is 408 g/mol. The van der Waals surface area contributed by atoms with Crippen LogP contribution in [0.3, 0.4) is 0 Å². The van der Waals surface area contributed by atoms with Crippen molar-refractivity contribution in [1.29, 1.82) is 0 Å². The fraction of sp³-hybridized carbons (Fsp3) is 0.263. The molecule has 0 aromatic heterocycles. The molecule has 0 radical (unpaired) electrons. The van der Waals surface area contributed by atoms with Crippen molar-refractivity contribution in [2.24, 2.45) is 0 Å². The van der Waals surface area contributed by atoms with E-state index in [-0.39, 0.29) is 16.1 Å². The number of ether oxygens (including phenoxy) is 1. The van der Waals surface area contributed by atoms with Crippen LogP contribution in [0, 0.1) is 5.82 Å². The van der Waals surface area contributed by atoms with Gasteiger partial charge in [-0.2, -0.15) is 4.31 Å². The predicted octanol–water partition coefficient (Wildman–Crippen LogP) is 2.65. The second-order valence-electron chi connectivity index (χ2n) is 5.75. The van der Waals surface area contributed by atoms with Crippen molar-refractivity contribution >= 4 is 27.6 Å². The van der Waals surface area contributed by atoms with E-state index in [2.05, 4.69) is 5.32 Å². The maximum atomic E-state index is 13.1. The number of carbonyl (C=O) groups excluding carboxylic acids is 2. The molecule has 2 rings (SSSR count). The Morgan fingerprint density at radius 3 is 2.29 bits per heavy atom. The standard InChI is InChI=1S/C19H21FN2O5S/c1-3-22(4-2)28(25,26)17-10-8-14(9-11-17)19(24)27-13-18(23)21-16-7-5-6-15(20)12-16/h5-12H,3-4,13H2,1-2H3,(H,21,23). The van der Waals surface area contributed by atoms with Gasteiger partial charge in [0.05, 0.1) is 10.5 Å². The van der Waals surface area contributed by atoms with Crippen LogP contribution in [0.25, 0.3) is 0 Å². The van der Waals surface area contributed by atoms with E-state index in [0.29, 0.717) is 13.1 Å². The topological polar surface area (TPSA) is 92.8 Å². The zero-order valence-corrected chi connectivity index (χ0v) is 16.3. The highest BCUT2D eigenvalue weighted by atomic mass is 32.2. The van der Waals surface area contributed by atoms with Gasteiger partial charge in [0.2, 0.25) is 10.0 Å². The minimum atomic E-state index is -3.62. The number of halogens is 1. The number of amides is 1. The van der Waals surface area contributed by atoms with Crippen LogP contribution in [0.5, 0.6) is 0 Å². The molecule has 7 nitrogen and oxygen atoms in total. The van der Waals surface area contributed by atoms with Gasteiger partial charge in [-0.05, 0) is 42.5 Å². The number of nitrogens with one attached hydrogen (secondary N) is 1. The van der Waals surface area contributed by atoms with Gasteiger partial charge >= 0.3 is 5.97 Å². The molecular formula is C19H21FN2O5S. The Kier molecular flexibility index (Phi) is 7.24. The first-order valence-corrected chi connectivity index (χ1v) is 10.0. The summed E-state index contributed by atoms with van der Waals surface area (Å²) in [5, 5.41) is 2.40. The molecule has 0 fully saturated rings. The van der Waals surface area contributed by atoms with E-state index in [4.69, 9.17) is 4.74 Å². The average Bonchev–Trinajstić information content (AvgIpc) is 2.67. The lowest BCUT2D eigenvalue weighted by Gasteiger charge is -2.18. The fourth-order valence-corrected chi connectivity index (χ4v) is 3.91. The highest BCUT2D eigenvalue weighted by molar-refractivity contribution is 7.89. The highest BCUT2D eigenvalue weighted by Gasteiger charge is 2.22. The summed E-state index contributed by atoms with van der Waals surface area (Å²) in [6, 6.07) is 10.6. The highest BCUT2D eigenvalue weighted by Crippen LogP contribution is 2.16. The molecule has 0 aliphatic heterocycles. The summed E-state index contributed by atoms with van der Waals surface area (Å²) < 4.78 is 44.1. The van der Waals surface area contributed by atoms with Crippen LogP contribution in [0.15, 0.2) is 53.4 Å². The minimum Gasteiger partial charge on any atom is -0.452 e. The van der Waals surface area contributed by atoms with Gasteiger partial charge in [-0.15, -0.1) is 0 Å². The number of anilines is 1. The number of sulfonamides is 1. The second kappa shape index (κ2) is 9.43. The summed E-state index contributed by atoms with van der Waals surface area (Å²) in [7, 11) is -3.62. The SMILES string of the molecule is CCN(CC)S(=O)(=O)c1ccc(C(=O)OCC(=O)Nc2cccc(F)c2)cc1. The number of hydrogen-bond acceptors (Lipinski definition) is 5. The first-order valence-electron chi connectivity index (χ1n) is 8.60. The molecule has 0 bridgehead atoms. The summed E-state index contributed by atoms with van der Waals surface area (Å²) in [5.41, 5.74) is 0.351. The molecule has 0 spiro atoms. The Morgan fingerprint density at radius 2 is 1.71 bits per heavy atom. The summed E-state index contributed by atoms with van der Waals surface area (Å²) in [4.78, 5) is 23.9. The van der Waals surface area contributed by atoms with Gasteiger partial charge < -0.3 is 10.1 Å². The van der Waals surface area contributed by atoms with Gasteiger partial charge in [0.1, 0.15) is 5.82 Å². The number of carbonyl (C=O) groups is 2. The van der Waals surface area contributed by atoms with Gasteiger partial charge in [0.25, 0.3) is 5.91 Å². The first kappa shape index (κ1) is 21.5. The molecule has 0 unspecified atom stereocenters. The molecule has 1 amide bonds. The molecule has 0 saturated heterocycles. The van der Waals surface area contributed by atoms with Crippen molar-refractivity contribution in [2.75, 3.05) is 25.0 Å². The van der Waals surface area contributed by atoms with Crippen molar-refractivity contribution < 1.29 is 27.1 Å². The van der Waals surface area contributed by atoms with E-state index >= 15 is 0 Å². The lowest BCUT2D eigenvalue weighted by atomic mass is 10.2. The van der Waals surface area contributed by atoms with Crippen molar-refractivity contribution in [1.82, 2.24) is 4.31 Å². The van der Waals surface area contributed by atoms with Gasteiger partial charge in [-0.1, -0.05) is 19.9 Å². The van der Waals surface area contributed by atoms with Crippen LogP contribution in [-0.4, -0.2) is 44.3 Å². The second-order valence-corrected chi connectivity index (χ2v) is 7.69. The number of esters is 1. The van der Waals surface area contributed by atoms with Crippen LogP contribution < -0.4 is 5.32 Å². The van der Waals surface area contributed by atoms with E-state index in [1.807, 2.05) is 0 Å². The number of rotatable bonds is 8. The first-order chi connectivity index (χ1) is 13.3. The third-order valence-corrected chi connectivity index (χ3v) is 5.94. The summed E-state index contributed by atoms with van der Waals surface area (Å²) in [6.07, 6.45) is 0. The van der Waals surface area contributed by atoms with Gasteiger partial charge in [-0.3, -0.25) is 4.79 Å². The maximum Gasteiger partial charge on any atom is 0.338 e. The zero-order valence-electron chi connectivity index (χ0n) is 15.5. The van der Waals surface area contributed by atoms with Crippen molar-refractivity contribution in [3.8, 4) is 0 Å².